The van der Waals surface area contributed by atoms with Gasteiger partial charge >= 0.3 is 25.7 Å². The van der Waals surface area contributed by atoms with Crippen molar-refractivity contribution in [2.75, 3.05) is 26.4 Å². The van der Waals surface area contributed by atoms with E-state index >= 15 is 0 Å². The Morgan fingerprint density at radius 1 is 0.422 bits per heavy atom. The third kappa shape index (κ3) is 45.4. The SMILES string of the molecule is CCCC/C=C\CCCCCCCC(=O)OC(COC(=O)CCCCCCCCCCCCCCCCC)COP(=O)(O)OCC(CO)OC(=O)CCCCCCCCCCCCC. The Kier molecular flexibility index (Phi) is 46.4. The summed E-state index contributed by atoms with van der Waals surface area (Å²) < 4.78 is 39.3. The summed E-state index contributed by atoms with van der Waals surface area (Å²) in [6.45, 7) is 4.61. The highest BCUT2D eigenvalue weighted by Gasteiger charge is 2.28. The first kappa shape index (κ1) is 62.2. The van der Waals surface area contributed by atoms with E-state index in [0.29, 0.717) is 19.3 Å². The van der Waals surface area contributed by atoms with E-state index in [-0.39, 0.29) is 25.9 Å². The van der Waals surface area contributed by atoms with E-state index in [2.05, 4.69) is 32.9 Å². The van der Waals surface area contributed by atoms with Gasteiger partial charge in [-0.1, -0.05) is 219 Å². The van der Waals surface area contributed by atoms with Crippen molar-refractivity contribution in [1.82, 2.24) is 0 Å². The van der Waals surface area contributed by atoms with E-state index in [1.807, 2.05) is 0 Å². The van der Waals surface area contributed by atoms with Gasteiger partial charge in [-0.25, -0.2) is 4.57 Å². The summed E-state index contributed by atoms with van der Waals surface area (Å²) in [5, 5.41) is 9.75. The molecule has 0 aliphatic carbocycles. The quantitative estimate of drug-likeness (QED) is 0.0197. The van der Waals surface area contributed by atoms with Crippen LogP contribution in [0.5, 0.6) is 0 Å². The fourth-order valence-electron chi connectivity index (χ4n) is 7.57. The molecular weight excluding hydrogens is 832 g/mol. The summed E-state index contributed by atoms with van der Waals surface area (Å²) in [7, 11) is -4.73. The Labute approximate surface area is 392 Å². The largest absolute Gasteiger partial charge is 0.472 e. The number of aliphatic hydroxyl groups excluding tert-OH is 1. The lowest BCUT2D eigenvalue weighted by molar-refractivity contribution is -0.161. The molecule has 0 aliphatic rings. The number of phosphoric ester groups is 1. The number of aliphatic hydroxyl groups is 1. The zero-order valence-corrected chi connectivity index (χ0v) is 42.4. The highest BCUT2D eigenvalue weighted by atomic mass is 31.2. The number of allylic oxidation sites excluding steroid dienone is 2. The molecule has 11 nitrogen and oxygen atoms in total. The van der Waals surface area contributed by atoms with E-state index in [9.17, 15) is 28.9 Å². The minimum atomic E-state index is -4.73. The Hall–Kier alpha value is -1.78. The summed E-state index contributed by atoms with van der Waals surface area (Å²) in [6.07, 6.45) is 43.2. The molecule has 2 N–H and O–H groups in total. The van der Waals surface area contributed by atoms with Crippen molar-refractivity contribution in [3.63, 3.8) is 0 Å². The summed E-state index contributed by atoms with van der Waals surface area (Å²) in [5.41, 5.74) is 0. The lowest BCUT2D eigenvalue weighted by Gasteiger charge is -2.21. The van der Waals surface area contributed by atoms with Crippen LogP contribution in [0.3, 0.4) is 0 Å². The second-order valence-electron chi connectivity index (χ2n) is 18.1. The topological polar surface area (TPSA) is 155 Å². The Morgan fingerprint density at radius 2 is 0.734 bits per heavy atom. The van der Waals surface area contributed by atoms with Crippen molar-refractivity contribution in [2.24, 2.45) is 0 Å². The second-order valence-corrected chi connectivity index (χ2v) is 19.5. The molecule has 0 aliphatic heterocycles. The molecule has 64 heavy (non-hydrogen) atoms. The lowest BCUT2D eigenvalue weighted by Crippen LogP contribution is -2.30. The molecule has 0 aromatic rings. The molecular formula is C52H99O11P. The molecule has 0 aromatic carbocycles. The average molecular weight is 931 g/mol. The van der Waals surface area contributed by atoms with Crippen LogP contribution in [0.1, 0.15) is 265 Å². The van der Waals surface area contributed by atoms with Crippen LogP contribution in [0.2, 0.25) is 0 Å². The zero-order valence-electron chi connectivity index (χ0n) is 41.5. The van der Waals surface area contributed by atoms with Crippen LogP contribution in [0, 0.1) is 0 Å². The molecule has 0 rings (SSSR count). The second kappa shape index (κ2) is 47.7. The van der Waals surface area contributed by atoms with E-state index in [4.69, 9.17) is 23.3 Å². The number of carbonyl (C=O) groups is 3. The van der Waals surface area contributed by atoms with Gasteiger partial charge < -0.3 is 24.2 Å². The zero-order chi connectivity index (χ0) is 47.0. The van der Waals surface area contributed by atoms with Gasteiger partial charge in [-0.15, -0.1) is 0 Å². The average Bonchev–Trinajstić information content (AvgIpc) is 3.28. The van der Waals surface area contributed by atoms with E-state index in [1.165, 1.54) is 128 Å². The number of ether oxygens (including phenoxy) is 3. The third-order valence-corrected chi connectivity index (χ3v) is 12.6. The van der Waals surface area contributed by atoms with Crippen molar-refractivity contribution in [2.45, 2.75) is 277 Å². The highest BCUT2D eigenvalue weighted by molar-refractivity contribution is 7.47. The van der Waals surface area contributed by atoms with Gasteiger partial charge in [-0.3, -0.25) is 23.4 Å². The summed E-state index contributed by atoms with van der Waals surface area (Å²) >= 11 is 0. The number of hydrogen-bond donors (Lipinski definition) is 2. The first-order chi connectivity index (χ1) is 31.2. The Morgan fingerprint density at radius 3 is 1.12 bits per heavy atom. The van der Waals surface area contributed by atoms with Gasteiger partial charge in [0.05, 0.1) is 19.8 Å². The van der Waals surface area contributed by atoms with E-state index in [0.717, 1.165) is 77.0 Å². The highest BCUT2D eigenvalue weighted by Crippen LogP contribution is 2.43. The van der Waals surface area contributed by atoms with Gasteiger partial charge in [0, 0.05) is 19.3 Å². The van der Waals surface area contributed by atoms with Crippen molar-refractivity contribution >= 4 is 25.7 Å². The minimum Gasteiger partial charge on any atom is -0.462 e. The summed E-state index contributed by atoms with van der Waals surface area (Å²) in [4.78, 5) is 48.2. The number of unbranched alkanes of at least 4 members (excludes halogenated alkanes) is 31. The molecule has 0 radical (unpaired) electrons. The predicted molar refractivity (Wildman–Crippen MR) is 261 cm³/mol. The molecule has 0 heterocycles. The fraction of sp³-hybridized carbons (Fsp3) is 0.904. The van der Waals surface area contributed by atoms with Gasteiger partial charge in [0.1, 0.15) is 12.7 Å². The number of hydrogen-bond acceptors (Lipinski definition) is 10. The number of esters is 3. The predicted octanol–water partition coefficient (Wildman–Crippen LogP) is 14.9. The maximum Gasteiger partial charge on any atom is 0.472 e. The Balaban J connectivity index is 4.68. The van der Waals surface area contributed by atoms with Crippen molar-refractivity contribution in [1.29, 1.82) is 0 Å². The van der Waals surface area contributed by atoms with E-state index in [1.54, 1.807) is 0 Å². The lowest BCUT2D eigenvalue weighted by atomic mass is 10.0. The first-order valence-electron chi connectivity index (χ1n) is 26.6. The third-order valence-electron chi connectivity index (χ3n) is 11.7. The van der Waals surface area contributed by atoms with Crippen LogP contribution in [0.4, 0.5) is 0 Å². The number of phosphoric acid groups is 1. The molecule has 378 valence electrons. The maximum absolute atomic E-state index is 12.8. The smallest absolute Gasteiger partial charge is 0.462 e. The van der Waals surface area contributed by atoms with Crippen molar-refractivity contribution in [3.8, 4) is 0 Å². The molecule has 0 spiro atoms. The molecule has 3 atom stereocenters. The van der Waals surface area contributed by atoms with Crippen LogP contribution < -0.4 is 0 Å². The van der Waals surface area contributed by atoms with Crippen molar-refractivity contribution < 1.29 is 52.2 Å². The van der Waals surface area contributed by atoms with Crippen LogP contribution in [0.25, 0.3) is 0 Å². The Bertz CT molecular complexity index is 1130. The van der Waals surface area contributed by atoms with Gasteiger partial charge in [0.25, 0.3) is 0 Å². The maximum atomic E-state index is 12.8. The fourth-order valence-corrected chi connectivity index (χ4v) is 8.36. The van der Waals surface area contributed by atoms with Gasteiger partial charge in [0.2, 0.25) is 0 Å². The van der Waals surface area contributed by atoms with Crippen LogP contribution in [0.15, 0.2) is 12.2 Å². The van der Waals surface area contributed by atoms with Crippen LogP contribution in [-0.4, -0.2) is 66.5 Å². The van der Waals surface area contributed by atoms with Crippen LogP contribution in [-0.2, 0) is 42.2 Å². The first-order valence-corrected chi connectivity index (χ1v) is 28.1. The number of carbonyl (C=O) groups excluding carboxylic acids is 3. The standard InChI is InChI=1S/C52H99O11P/c1-4-7-10-13-16-19-22-23-24-25-28-29-32-35-38-41-50(54)59-45-49(63-52(56)43-40-37-34-31-27-21-18-15-12-9-6-3)47-61-64(57,58)60-46-48(44-53)62-51(55)42-39-36-33-30-26-20-17-14-11-8-5-2/h15,18,48-49,53H,4-14,16-17,19-47H2,1-3H3,(H,57,58)/b18-15-. The van der Waals surface area contributed by atoms with Gasteiger partial charge in [-0.2, -0.15) is 0 Å². The molecule has 0 amide bonds. The molecule has 0 saturated carbocycles. The molecule has 0 saturated heterocycles. The normalized spacial score (nSPS) is 13.5. The summed E-state index contributed by atoms with van der Waals surface area (Å²) in [6, 6.07) is 0. The molecule has 0 bridgehead atoms. The molecule has 0 aromatic heterocycles. The molecule has 0 fully saturated rings. The monoisotopic (exact) mass is 931 g/mol. The number of rotatable bonds is 50. The minimum absolute atomic E-state index is 0.163. The van der Waals surface area contributed by atoms with E-state index < -0.39 is 57.8 Å². The van der Waals surface area contributed by atoms with Crippen LogP contribution >= 0.6 is 7.82 Å². The molecule has 12 heteroatoms. The van der Waals surface area contributed by atoms with Crippen molar-refractivity contribution in [3.05, 3.63) is 12.2 Å². The molecule has 3 unspecified atom stereocenters. The summed E-state index contributed by atoms with van der Waals surface area (Å²) in [5.74, 6) is -1.45. The van der Waals surface area contributed by atoms with Gasteiger partial charge in [-0.05, 0) is 38.5 Å². The van der Waals surface area contributed by atoms with Gasteiger partial charge in [0.15, 0.2) is 6.10 Å².